The van der Waals surface area contributed by atoms with Gasteiger partial charge >= 0.3 is 0 Å². The molecule has 6 heteroatoms. The second-order valence-corrected chi connectivity index (χ2v) is 5.15. The highest BCUT2D eigenvalue weighted by Crippen LogP contribution is 2.30. The van der Waals surface area contributed by atoms with Crippen molar-refractivity contribution in [3.05, 3.63) is 64.7 Å². The molecule has 0 aliphatic rings. The lowest BCUT2D eigenvalue weighted by Gasteiger charge is -2.14. The van der Waals surface area contributed by atoms with Crippen molar-refractivity contribution >= 4 is 22.4 Å². The SMILES string of the molecule is COc1ccc(C(N)c2nnc(Cl)c3cccc(F)c23)cc1. The van der Waals surface area contributed by atoms with Gasteiger partial charge in [0.2, 0.25) is 0 Å². The van der Waals surface area contributed by atoms with Crippen LogP contribution in [0.25, 0.3) is 10.8 Å². The maximum Gasteiger partial charge on any atom is 0.159 e. The van der Waals surface area contributed by atoms with Crippen LogP contribution in [-0.4, -0.2) is 17.3 Å². The van der Waals surface area contributed by atoms with Gasteiger partial charge in [-0.05, 0) is 23.8 Å². The molecule has 4 nitrogen and oxygen atoms in total. The van der Waals surface area contributed by atoms with Gasteiger partial charge < -0.3 is 10.5 Å². The minimum atomic E-state index is -0.616. The van der Waals surface area contributed by atoms with E-state index in [1.54, 1.807) is 31.4 Å². The summed E-state index contributed by atoms with van der Waals surface area (Å²) >= 11 is 5.99. The summed E-state index contributed by atoms with van der Waals surface area (Å²) in [5.41, 5.74) is 7.37. The number of halogens is 2. The summed E-state index contributed by atoms with van der Waals surface area (Å²) in [4.78, 5) is 0. The molecule has 0 saturated carbocycles. The van der Waals surface area contributed by atoms with Crippen LogP contribution in [0, 0.1) is 5.82 Å². The van der Waals surface area contributed by atoms with Gasteiger partial charge in [0, 0.05) is 10.8 Å². The Morgan fingerprint density at radius 3 is 2.55 bits per heavy atom. The van der Waals surface area contributed by atoms with Crippen LogP contribution in [-0.2, 0) is 0 Å². The second-order valence-electron chi connectivity index (χ2n) is 4.79. The summed E-state index contributed by atoms with van der Waals surface area (Å²) in [6.07, 6.45) is 0. The first-order valence-electron chi connectivity index (χ1n) is 6.61. The van der Waals surface area contributed by atoms with E-state index >= 15 is 0 Å². The van der Waals surface area contributed by atoms with Crippen molar-refractivity contribution < 1.29 is 9.13 Å². The quantitative estimate of drug-likeness (QED) is 0.803. The molecule has 1 atom stereocenters. The van der Waals surface area contributed by atoms with Crippen LogP contribution in [0.3, 0.4) is 0 Å². The van der Waals surface area contributed by atoms with E-state index < -0.39 is 11.9 Å². The first-order valence-corrected chi connectivity index (χ1v) is 6.99. The smallest absolute Gasteiger partial charge is 0.159 e. The van der Waals surface area contributed by atoms with E-state index in [2.05, 4.69) is 10.2 Å². The van der Waals surface area contributed by atoms with Crippen molar-refractivity contribution in [1.29, 1.82) is 0 Å². The zero-order chi connectivity index (χ0) is 15.7. The Morgan fingerprint density at radius 2 is 1.86 bits per heavy atom. The molecule has 0 radical (unpaired) electrons. The van der Waals surface area contributed by atoms with Crippen LogP contribution in [0.1, 0.15) is 17.3 Å². The topological polar surface area (TPSA) is 61.0 Å². The number of aromatic nitrogens is 2. The Balaban J connectivity index is 2.14. The highest BCUT2D eigenvalue weighted by Gasteiger charge is 2.19. The summed E-state index contributed by atoms with van der Waals surface area (Å²) in [5, 5.41) is 8.83. The number of nitrogens with two attached hydrogens (primary N) is 1. The van der Waals surface area contributed by atoms with Gasteiger partial charge in [-0.25, -0.2) is 4.39 Å². The van der Waals surface area contributed by atoms with E-state index in [-0.39, 0.29) is 5.15 Å². The molecule has 1 aromatic heterocycles. The highest BCUT2D eigenvalue weighted by molar-refractivity contribution is 6.34. The minimum absolute atomic E-state index is 0.153. The van der Waals surface area contributed by atoms with Crippen LogP contribution in [0.15, 0.2) is 42.5 Å². The van der Waals surface area contributed by atoms with Gasteiger partial charge in [0.15, 0.2) is 5.15 Å². The Kier molecular flexibility index (Phi) is 3.92. The van der Waals surface area contributed by atoms with Crippen molar-refractivity contribution in [2.45, 2.75) is 6.04 Å². The predicted molar refractivity (Wildman–Crippen MR) is 83.5 cm³/mol. The molecule has 0 amide bonds. The number of ether oxygens (including phenoxy) is 1. The summed E-state index contributed by atoms with van der Waals surface area (Å²) < 4.78 is 19.3. The fraction of sp³-hybridized carbons (Fsp3) is 0.125. The lowest BCUT2D eigenvalue weighted by Crippen LogP contribution is -2.15. The molecule has 0 aliphatic heterocycles. The molecule has 0 aliphatic carbocycles. The fourth-order valence-corrected chi connectivity index (χ4v) is 2.54. The van der Waals surface area contributed by atoms with Gasteiger partial charge in [0.25, 0.3) is 0 Å². The van der Waals surface area contributed by atoms with Gasteiger partial charge in [0.1, 0.15) is 11.6 Å². The molecule has 0 saturated heterocycles. The van der Waals surface area contributed by atoms with E-state index in [1.807, 2.05) is 12.1 Å². The molecule has 112 valence electrons. The Bertz CT molecular complexity index is 823. The van der Waals surface area contributed by atoms with Crippen molar-refractivity contribution in [3.8, 4) is 5.75 Å². The van der Waals surface area contributed by atoms with Crippen molar-refractivity contribution in [3.63, 3.8) is 0 Å². The Hall–Kier alpha value is -2.24. The highest BCUT2D eigenvalue weighted by atomic mass is 35.5. The van der Waals surface area contributed by atoms with Gasteiger partial charge in [0.05, 0.1) is 18.8 Å². The van der Waals surface area contributed by atoms with Crippen molar-refractivity contribution in [2.24, 2.45) is 5.73 Å². The van der Waals surface area contributed by atoms with Gasteiger partial charge in [-0.1, -0.05) is 35.9 Å². The monoisotopic (exact) mass is 317 g/mol. The zero-order valence-corrected chi connectivity index (χ0v) is 12.5. The van der Waals surface area contributed by atoms with Crippen LogP contribution in [0.4, 0.5) is 4.39 Å². The molecule has 2 N–H and O–H groups in total. The van der Waals surface area contributed by atoms with E-state index in [0.29, 0.717) is 22.2 Å². The summed E-state index contributed by atoms with van der Waals surface area (Å²) in [5.74, 6) is 0.294. The average Bonchev–Trinajstić information content (AvgIpc) is 2.55. The van der Waals surface area contributed by atoms with E-state index in [4.69, 9.17) is 22.1 Å². The number of benzene rings is 2. The molecule has 1 heterocycles. The number of nitrogens with zero attached hydrogens (tertiary/aromatic N) is 2. The Labute approximate surface area is 131 Å². The number of fused-ring (bicyclic) bond motifs is 1. The molecule has 22 heavy (non-hydrogen) atoms. The fourth-order valence-electron chi connectivity index (χ4n) is 2.34. The number of hydrogen-bond acceptors (Lipinski definition) is 4. The van der Waals surface area contributed by atoms with Crippen molar-refractivity contribution in [2.75, 3.05) is 7.11 Å². The molecule has 3 aromatic rings. The Morgan fingerprint density at radius 1 is 1.14 bits per heavy atom. The minimum Gasteiger partial charge on any atom is -0.497 e. The normalized spacial score (nSPS) is 12.4. The zero-order valence-electron chi connectivity index (χ0n) is 11.8. The second kappa shape index (κ2) is 5.87. The lowest BCUT2D eigenvalue weighted by atomic mass is 10.00. The lowest BCUT2D eigenvalue weighted by molar-refractivity contribution is 0.414. The van der Waals surface area contributed by atoms with E-state index in [9.17, 15) is 4.39 Å². The molecule has 0 fully saturated rings. The summed E-state index contributed by atoms with van der Waals surface area (Å²) in [6, 6.07) is 11.2. The van der Waals surface area contributed by atoms with Gasteiger partial charge in [-0.2, -0.15) is 5.10 Å². The van der Waals surface area contributed by atoms with Crippen LogP contribution in [0.5, 0.6) is 5.75 Å². The maximum absolute atomic E-state index is 14.2. The molecular formula is C16H13ClFN3O. The predicted octanol–water partition coefficient (Wildman–Crippen LogP) is 3.48. The first kappa shape index (κ1) is 14.7. The number of hydrogen-bond donors (Lipinski definition) is 1. The van der Waals surface area contributed by atoms with Gasteiger partial charge in [-0.3, -0.25) is 0 Å². The molecule has 2 aromatic carbocycles. The number of methoxy groups -OCH3 is 1. The summed E-state index contributed by atoms with van der Waals surface area (Å²) in [7, 11) is 1.59. The van der Waals surface area contributed by atoms with Crippen LogP contribution in [0.2, 0.25) is 5.15 Å². The third-order valence-corrected chi connectivity index (χ3v) is 3.79. The van der Waals surface area contributed by atoms with Crippen molar-refractivity contribution in [1.82, 2.24) is 10.2 Å². The summed E-state index contributed by atoms with van der Waals surface area (Å²) in [6.45, 7) is 0. The molecule has 1 unspecified atom stereocenters. The average molecular weight is 318 g/mol. The van der Waals surface area contributed by atoms with E-state index in [0.717, 1.165) is 5.56 Å². The third kappa shape index (κ3) is 2.49. The maximum atomic E-state index is 14.2. The molecule has 0 bridgehead atoms. The first-order chi connectivity index (χ1) is 10.6. The number of rotatable bonds is 3. The molecular weight excluding hydrogens is 305 g/mol. The van der Waals surface area contributed by atoms with E-state index in [1.165, 1.54) is 6.07 Å². The largest absolute Gasteiger partial charge is 0.497 e. The van der Waals surface area contributed by atoms with Crippen LogP contribution < -0.4 is 10.5 Å². The molecule has 3 rings (SSSR count). The molecule has 0 spiro atoms. The standard InChI is InChI=1S/C16H13ClFN3O/c1-22-10-7-5-9(6-8-10)14(19)15-13-11(16(17)21-20-15)3-2-4-12(13)18/h2-8,14H,19H2,1H3. The van der Waals surface area contributed by atoms with Gasteiger partial charge in [-0.15, -0.1) is 5.10 Å². The van der Waals surface area contributed by atoms with Crippen LogP contribution >= 0.6 is 11.6 Å². The third-order valence-electron chi connectivity index (χ3n) is 3.51.